The standard InChI is InChI=1S/C25H43N/c1-3-5-6-21-9-13-24(14-10-21)25(19-26)17-15-23(16-18-25)22-11-7-20(4-2)8-12-22/h20-24H,3-18H2,1-2H3/t20?,21?,22?,23-,24?,25-. The zero-order chi connectivity index (χ0) is 18.4. The molecule has 0 amide bonds. The fourth-order valence-corrected chi connectivity index (χ4v) is 6.80. The zero-order valence-electron chi connectivity index (χ0n) is 17.6. The molecule has 1 nitrogen and oxygen atoms in total. The maximum Gasteiger partial charge on any atom is 0.0692 e. The van der Waals surface area contributed by atoms with Gasteiger partial charge in [-0.3, -0.25) is 0 Å². The van der Waals surface area contributed by atoms with Crippen LogP contribution in [0.5, 0.6) is 0 Å². The molecule has 0 aromatic heterocycles. The van der Waals surface area contributed by atoms with Gasteiger partial charge in [0.05, 0.1) is 11.5 Å². The maximum atomic E-state index is 10.1. The molecule has 0 N–H and O–H groups in total. The highest BCUT2D eigenvalue weighted by Gasteiger charge is 2.44. The molecule has 0 radical (unpaired) electrons. The topological polar surface area (TPSA) is 23.8 Å². The second-order valence-electron chi connectivity index (χ2n) is 10.2. The lowest BCUT2D eigenvalue weighted by atomic mass is 9.57. The summed E-state index contributed by atoms with van der Waals surface area (Å²) in [5, 5.41) is 10.1. The van der Waals surface area contributed by atoms with Crippen molar-refractivity contribution >= 4 is 0 Å². The highest BCUT2D eigenvalue weighted by molar-refractivity contribution is 5.06. The van der Waals surface area contributed by atoms with Gasteiger partial charge in [0, 0.05) is 0 Å². The molecule has 0 aromatic carbocycles. The van der Waals surface area contributed by atoms with Crippen LogP contribution in [0, 0.1) is 46.3 Å². The minimum Gasteiger partial charge on any atom is -0.198 e. The van der Waals surface area contributed by atoms with Crippen molar-refractivity contribution in [3.05, 3.63) is 0 Å². The summed E-state index contributed by atoms with van der Waals surface area (Å²) in [5.41, 5.74) is 0.0485. The van der Waals surface area contributed by atoms with Crippen molar-refractivity contribution in [2.75, 3.05) is 0 Å². The summed E-state index contributed by atoms with van der Waals surface area (Å²) < 4.78 is 0. The summed E-state index contributed by atoms with van der Waals surface area (Å²) in [6, 6.07) is 2.88. The van der Waals surface area contributed by atoms with Crippen LogP contribution in [-0.2, 0) is 0 Å². The van der Waals surface area contributed by atoms with E-state index >= 15 is 0 Å². The van der Waals surface area contributed by atoms with Crippen molar-refractivity contribution < 1.29 is 0 Å². The Kier molecular flexibility index (Phi) is 7.48. The minimum atomic E-state index is 0.0485. The molecule has 0 saturated heterocycles. The van der Waals surface area contributed by atoms with Gasteiger partial charge in [0.15, 0.2) is 0 Å². The van der Waals surface area contributed by atoms with Crippen LogP contribution in [0.4, 0.5) is 0 Å². The third kappa shape index (κ3) is 4.66. The number of hydrogen-bond donors (Lipinski definition) is 0. The summed E-state index contributed by atoms with van der Waals surface area (Å²) in [6.45, 7) is 4.67. The van der Waals surface area contributed by atoms with Crippen LogP contribution in [-0.4, -0.2) is 0 Å². The van der Waals surface area contributed by atoms with Gasteiger partial charge in [-0.1, -0.05) is 65.2 Å². The Morgan fingerprint density at radius 1 is 0.769 bits per heavy atom. The minimum absolute atomic E-state index is 0.0485. The number of hydrogen-bond acceptors (Lipinski definition) is 1. The van der Waals surface area contributed by atoms with Crippen LogP contribution in [0.25, 0.3) is 0 Å². The van der Waals surface area contributed by atoms with Gasteiger partial charge >= 0.3 is 0 Å². The Morgan fingerprint density at radius 3 is 1.88 bits per heavy atom. The Bertz CT molecular complexity index is 437. The second kappa shape index (κ2) is 9.61. The first-order valence-corrected chi connectivity index (χ1v) is 12.1. The van der Waals surface area contributed by atoms with Crippen LogP contribution >= 0.6 is 0 Å². The summed E-state index contributed by atoms with van der Waals surface area (Å²) in [6.07, 6.45) is 22.1. The Hall–Kier alpha value is -0.510. The number of rotatable bonds is 6. The van der Waals surface area contributed by atoms with Gasteiger partial charge < -0.3 is 0 Å². The Morgan fingerprint density at radius 2 is 1.35 bits per heavy atom. The average molecular weight is 358 g/mol. The van der Waals surface area contributed by atoms with Crippen LogP contribution in [0.3, 0.4) is 0 Å². The maximum absolute atomic E-state index is 10.1. The highest BCUT2D eigenvalue weighted by atomic mass is 14.5. The van der Waals surface area contributed by atoms with E-state index in [1.807, 2.05) is 0 Å². The number of nitrogens with zero attached hydrogens (tertiary/aromatic N) is 1. The van der Waals surface area contributed by atoms with Crippen molar-refractivity contribution in [1.29, 1.82) is 5.26 Å². The van der Waals surface area contributed by atoms with Crippen LogP contribution < -0.4 is 0 Å². The smallest absolute Gasteiger partial charge is 0.0692 e. The van der Waals surface area contributed by atoms with E-state index < -0.39 is 0 Å². The van der Waals surface area contributed by atoms with Crippen LogP contribution in [0.2, 0.25) is 0 Å². The predicted molar refractivity (Wildman–Crippen MR) is 111 cm³/mol. The van der Waals surface area contributed by atoms with Crippen LogP contribution in [0.1, 0.15) is 117 Å². The third-order valence-corrected chi connectivity index (χ3v) is 8.87. The van der Waals surface area contributed by atoms with Crippen molar-refractivity contribution in [3.63, 3.8) is 0 Å². The predicted octanol–water partition coefficient (Wildman–Crippen LogP) is 7.90. The highest BCUT2D eigenvalue weighted by Crippen LogP contribution is 2.52. The summed E-state index contributed by atoms with van der Waals surface area (Å²) in [5.74, 6) is 4.61. The van der Waals surface area contributed by atoms with Crippen molar-refractivity contribution in [1.82, 2.24) is 0 Å². The Balaban J connectivity index is 1.48. The monoisotopic (exact) mass is 357 g/mol. The molecule has 0 atom stereocenters. The Labute approximate surface area is 163 Å². The fraction of sp³-hybridized carbons (Fsp3) is 0.960. The van der Waals surface area contributed by atoms with Crippen molar-refractivity contribution in [2.45, 2.75) is 117 Å². The van der Waals surface area contributed by atoms with E-state index in [1.54, 1.807) is 0 Å². The normalized spacial score (nSPS) is 41.5. The van der Waals surface area contributed by atoms with Crippen LogP contribution in [0.15, 0.2) is 0 Å². The lowest BCUT2D eigenvalue weighted by Gasteiger charge is -2.45. The molecule has 3 saturated carbocycles. The molecule has 3 rings (SSSR count). The van der Waals surface area contributed by atoms with Gasteiger partial charge in [-0.25, -0.2) is 0 Å². The molecule has 0 spiro atoms. The zero-order valence-corrected chi connectivity index (χ0v) is 17.6. The quantitative estimate of drug-likeness (QED) is 0.474. The molecule has 0 heterocycles. The molecule has 3 aliphatic carbocycles. The number of nitriles is 1. The van der Waals surface area contributed by atoms with Crippen molar-refractivity contribution in [2.24, 2.45) is 35.0 Å². The van der Waals surface area contributed by atoms with E-state index in [4.69, 9.17) is 0 Å². The lowest BCUT2D eigenvalue weighted by Crippen LogP contribution is -2.38. The lowest BCUT2D eigenvalue weighted by molar-refractivity contribution is 0.0605. The molecule has 3 aliphatic rings. The molecule has 0 aromatic rings. The fourth-order valence-electron chi connectivity index (χ4n) is 6.80. The first-order valence-electron chi connectivity index (χ1n) is 12.1. The molecule has 1 heteroatoms. The van der Waals surface area contributed by atoms with Gasteiger partial charge in [-0.15, -0.1) is 0 Å². The number of unbranched alkanes of at least 4 members (excludes halogenated alkanes) is 1. The largest absolute Gasteiger partial charge is 0.198 e. The van der Waals surface area contributed by atoms with E-state index in [2.05, 4.69) is 19.9 Å². The van der Waals surface area contributed by atoms with E-state index in [9.17, 15) is 5.26 Å². The SMILES string of the molecule is CCCCC1CCC([C@]2(C#N)CC[C@@H](C3CCC(CC)CC3)CC2)CC1. The summed E-state index contributed by atoms with van der Waals surface area (Å²) in [4.78, 5) is 0. The molecule has 0 unspecified atom stereocenters. The molecular formula is C25H43N. The molecular weight excluding hydrogens is 314 g/mol. The molecule has 3 fully saturated rings. The van der Waals surface area contributed by atoms with Gasteiger partial charge in [0.25, 0.3) is 0 Å². The van der Waals surface area contributed by atoms with E-state index in [0.717, 1.165) is 23.7 Å². The third-order valence-electron chi connectivity index (χ3n) is 8.87. The van der Waals surface area contributed by atoms with E-state index in [-0.39, 0.29) is 5.41 Å². The molecule has 26 heavy (non-hydrogen) atoms. The average Bonchev–Trinajstić information content (AvgIpc) is 2.73. The first kappa shape index (κ1) is 20.2. The van der Waals surface area contributed by atoms with Gasteiger partial charge in [0.2, 0.25) is 0 Å². The summed E-state index contributed by atoms with van der Waals surface area (Å²) in [7, 11) is 0. The second-order valence-corrected chi connectivity index (χ2v) is 10.2. The first-order chi connectivity index (χ1) is 12.7. The van der Waals surface area contributed by atoms with E-state index in [1.165, 1.54) is 103 Å². The van der Waals surface area contributed by atoms with Gasteiger partial charge in [0.1, 0.15) is 0 Å². The van der Waals surface area contributed by atoms with E-state index in [0.29, 0.717) is 5.92 Å². The van der Waals surface area contributed by atoms with Crippen molar-refractivity contribution in [3.8, 4) is 6.07 Å². The molecule has 148 valence electrons. The van der Waals surface area contributed by atoms with Gasteiger partial charge in [-0.2, -0.15) is 5.26 Å². The van der Waals surface area contributed by atoms with Gasteiger partial charge in [-0.05, 0) is 81.0 Å². The molecule has 0 aliphatic heterocycles. The summed E-state index contributed by atoms with van der Waals surface area (Å²) >= 11 is 0. The molecule has 0 bridgehead atoms.